The topological polar surface area (TPSA) is 103 Å². The quantitative estimate of drug-likeness (QED) is 0.604. The molecular weight excluding hydrogens is 224 g/mol. The lowest BCUT2D eigenvalue weighted by Crippen LogP contribution is -3.00. The number of hydrogen-bond acceptors (Lipinski definition) is 3. The minimum Gasteiger partial charge on any atom is -1.00 e. The molecule has 15 heavy (non-hydrogen) atoms. The fraction of sp³-hybridized carbons (Fsp3) is 0. The molecule has 0 aliphatic rings. The summed E-state index contributed by atoms with van der Waals surface area (Å²) in [6.07, 6.45) is 0. The van der Waals surface area contributed by atoms with Crippen LogP contribution in [0.25, 0.3) is 4.98 Å². The highest BCUT2D eigenvalue weighted by Gasteiger charge is 2.16. The minimum atomic E-state index is -1.28. The summed E-state index contributed by atoms with van der Waals surface area (Å²) in [5.41, 5.74) is -0.585. The first-order chi connectivity index (χ1) is 6.54. The van der Waals surface area contributed by atoms with Gasteiger partial charge in [-0.25, -0.2) is 9.59 Å². The van der Waals surface area contributed by atoms with Crippen molar-refractivity contribution in [3.05, 3.63) is 34.3 Å². The number of carboxylic acid groups (broad SMARTS) is 2. The van der Waals surface area contributed by atoms with Crippen molar-refractivity contribution >= 4 is 17.6 Å². The summed E-state index contributed by atoms with van der Waals surface area (Å²) < 4.78 is 0. The predicted octanol–water partition coefficient (Wildman–Crippen LogP) is -1.43. The van der Waals surface area contributed by atoms with Crippen LogP contribution in [0.4, 0.5) is 5.69 Å². The molecule has 0 bridgehead atoms. The maximum Gasteiger partial charge on any atom is 0.386 e. The van der Waals surface area contributed by atoms with Gasteiger partial charge in [0.05, 0.1) is 11.1 Å². The zero-order valence-electron chi connectivity index (χ0n) is 7.22. The third-order valence-corrected chi connectivity index (χ3v) is 1.53. The number of carboxylic acids is 2. The molecule has 7 heteroatoms. The van der Waals surface area contributed by atoms with Crippen molar-refractivity contribution in [1.29, 1.82) is 5.39 Å². The highest BCUT2D eigenvalue weighted by Crippen LogP contribution is 2.17. The number of nitrogens with zero attached hydrogens (tertiary/aromatic N) is 2. The maximum atomic E-state index is 10.5. The monoisotopic (exact) mass is 228 g/mol. The Morgan fingerprint density at radius 3 is 1.73 bits per heavy atom. The number of benzene rings is 1. The SMILES string of the molecule is N#[N+]c1cc(C(=O)O)cc(C(=O)O)c1.[Cl-]. The van der Waals surface area contributed by atoms with Gasteiger partial charge in [-0.2, -0.15) is 0 Å². The van der Waals surface area contributed by atoms with Gasteiger partial charge in [-0.05, 0) is 6.07 Å². The van der Waals surface area contributed by atoms with E-state index >= 15 is 0 Å². The van der Waals surface area contributed by atoms with E-state index in [4.69, 9.17) is 15.6 Å². The molecule has 0 saturated carbocycles. The van der Waals surface area contributed by atoms with Gasteiger partial charge in [-0.3, -0.25) is 0 Å². The summed E-state index contributed by atoms with van der Waals surface area (Å²) >= 11 is 0. The number of halogens is 1. The Bertz CT molecular complexity index is 420. The highest BCUT2D eigenvalue weighted by molar-refractivity contribution is 5.95. The molecule has 0 aliphatic carbocycles. The second-order valence-corrected chi connectivity index (χ2v) is 2.48. The fourth-order valence-electron chi connectivity index (χ4n) is 0.916. The second kappa shape index (κ2) is 4.93. The molecular formula is C8H5ClN2O4. The van der Waals surface area contributed by atoms with Crippen LogP contribution in [0, 0.1) is 5.39 Å². The summed E-state index contributed by atoms with van der Waals surface area (Å²) in [6.45, 7) is 0. The van der Waals surface area contributed by atoms with Crippen molar-refractivity contribution in [3.63, 3.8) is 0 Å². The van der Waals surface area contributed by atoms with Crippen LogP contribution in [0.2, 0.25) is 0 Å². The molecule has 0 heterocycles. The molecule has 0 atom stereocenters. The number of hydrogen-bond donors (Lipinski definition) is 2. The summed E-state index contributed by atoms with van der Waals surface area (Å²) in [5, 5.41) is 25.6. The Balaban J connectivity index is 0.00000196. The van der Waals surface area contributed by atoms with Crippen LogP contribution >= 0.6 is 0 Å². The number of diazo groups is 1. The molecule has 78 valence electrons. The van der Waals surface area contributed by atoms with E-state index in [9.17, 15) is 9.59 Å². The van der Waals surface area contributed by atoms with E-state index in [1.807, 2.05) is 0 Å². The van der Waals surface area contributed by atoms with Gasteiger partial charge in [0.25, 0.3) is 0 Å². The third-order valence-electron chi connectivity index (χ3n) is 1.53. The first kappa shape index (κ1) is 12.9. The van der Waals surface area contributed by atoms with Gasteiger partial charge >= 0.3 is 17.6 Å². The van der Waals surface area contributed by atoms with Crippen LogP contribution in [0.3, 0.4) is 0 Å². The van der Waals surface area contributed by atoms with Crippen LogP contribution in [-0.2, 0) is 0 Å². The van der Waals surface area contributed by atoms with Crippen molar-refractivity contribution in [1.82, 2.24) is 0 Å². The summed E-state index contributed by atoms with van der Waals surface area (Å²) in [6, 6.07) is 3.11. The van der Waals surface area contributed by atoms with E-state index in [1.165, 1.54) is 0 Å². The maximum absolute atomic E-state index is 10.5. The number of aromatic carboxylic acids is 2. The zero-order chi connectivity index (χ0) is 10.7. The molecule has 1 aromatic carbocycles. The van der Waals surface area contributed by atoms with E-state index in [1.54, 1.807) is 0 Å². The van der Waals surface area contributed by atoms with Crippen molar-refractivity contribution in [2.45, 2.75) is 0 Å². The molecule has 0 amide bonds. The second-order valence-electron chi connectivity index (χ2n) is 2.48. The lowest BCUT2D eigenvalue weighted by Gasteiger charge is -1.94. The van der Waals surface area contributed by atoms with Crippen LogP contribution in [0.5, 0.6) is 0 Å². The Morgan fingerprint density at radius 2 is 1.47 bits per heavy atom. The highest BCUT2D eigenvalue weighted by atomic mass is 35.5. The Hall–Kier alpha value is -2.13. The standard InChI is InChI=1S/C8H4N2O4.ClH/c9-10-6-2-4(7(11)12)1-5(3-6)8(13)14;/h1-3H,(H-,11,12,13,14);1H. The molecule has 6 nitrogen and oxygen atoms in total. The zero-order valence-corrected chi connectivity index (χ0v) is 7.97. The first-order valence-corrected chi connectivity index (χ1v) is 3.51. The largest absolute Gasteiger partial charge is 1.00 e. The van der Waals surface area contributed by atoms with Crippen LogP contribution in [0.1, 0.15) is 20.7 Å². The van der Waals surface area contributed by atoms with Gasteiger partial charge in [0.15, 0.2) is 4.98 Å². The Kier molecular flexibility index (Phi) is 4.23. The summed E-state index contributed by atoms with van der Waals surface area (Å²) in [7, 11) is 0. The minimum absolute atomic E-state index is 0. The van der Waals surface area contributed by atoms with E-state index in [0.717, 1.165) is 18.2 Å². The average Bonchev–Trinajstić information content (AvgIpc) is 2.16. The molecule has 1 rings (SSSR count). The molecule has 0 saturated heterocycles. The van der Waals surface area contributed by atoms with Gasteiger partial charge in [-0.15, -0.1) is 0 Å². The van der Waals surface area contributed by atoms with Crippen LogP contribution in [0.15, 0.2) is 18.2 Å². The van der Waals surface area contributed by atoms with E-state index in [0.29, 0.717) is 0 Å². The van der Waals surface area contributed by atoms with Gasteiger partial charge < -0.3 is 22.6 Å². The lowest BCUT2D eigenvalue weighted by molar-refractivity contribution is -0.0000340. The van der Waals surface area contributed by atoms with Crippen molar-refractivity contribution < 1.29 is 32.2 Å². The van der Waals surface area contributed by atoms with Gasteiger partial charge in [-0.1, -0.05) is 0 Å². The third kappa shape index (κ3) is 2.93. The van der Waals surface area contributed by atoms with Gasteiger partial charge in [0, 0.05) is 12.1 Å². The molecule has 0 unspecified atom stereocenters. The van der Waals surface area contributed by atoms with Gasteiger partial charge in [0.2, 0.25) is 5.39 Å². The summed E-state index contributed by atoms with van der Waals surface area (Å²) in [4.78, 5) is 23.8. The molecule has 0 spiro atoms. The normalized spacial score (nSPS) is 8.47. The predicted molar refractivity (Wildman–Crippen MR) is 45.1 cm³/mol. The molecule has 0 aliphatic heterocycles. The van der Waals surface area contributed by atoms with E-state index in [-0.39, 0.29) is 29.2 Å². The van der Waals surface area contributed by atoms with Crippen molar-refractivity contribution in [2.24, 2.45) is 0 Å². The van der Waals surface area contributed by atoms with E-state index < -0.39 is 11.9 Å². The molecule has 0 fully saturated rings. The van der Waals surface area contributed by atoms with Gasteiger partial charge in [0.1, 0.15) is 0 Å². The molecule has 1 aromatic rings. The van der Waals surface area contributed by atoms with Crippen molar-refractivity contribution in [3.8, 4) is 0 Å². The van der Waals surface area contributed by atoms with Crippen LogP contribution in [-0.4, -0.2) is 22.2 Å². The fourth-order valence-corrected chi connectivity index (χ4v) is 0.916. The Morgan fingerprint density at radius 1 is 1.07 bits per heavy atom. The van der Waals surface area contributed by atoms with E-state index in [2.05, 4.69) is 4.98 Å². The molecule has 0 radical (unpaired) electrons. The average molecular weight is 229 g/mol. The molecule has 0 aromatic heterocycles. The smallest absolute Gasteiger partial charge is 0.386 e. The first-order valence-electron chi connectivity index (χ1n) is 3.51. The van der Waals surface area contributed by atoms with Crippen LogP contribution < -0.4 is 12.4 Å². The lowest BCUT2D eigenvalue weighted by atomic mass is 10.1. The van der Waals surface area contributed by atoms with Crippen molar-refractivity contribution in [2.75, 3.05) is 0 Å². The summed E-state index contributed by atoms with van der Waals surface area (Å²) in [5.74, 6) is -2.56. The number of carbonyl (C=O) groups is 2. The Labute approximate surface area is 90.2 Å². The number of rotatable bonds is 2. The molecule has 2 N–H and O–H groups in total.